The molecular formula is C29H60NO7P. The Kier molecular flexibility index (Phi) is 24.0. The molecule has 0 saturated carbocycles. The molecule has 0 aromatic carbocycles. The van der Waals surface area contributed by atoms with E-state index in [1.54, 1.807) is 0 Å². The molecule has 0 heterocycles. The van der Waals surface area contributed by atoms with Gasteiger partial charge in [0, 0.05) is 13.0 Å². The van der Waals surface area contributed by atoms with Crippen LogP contribution in [0.4, 0.5) is 0 Å². The van der Waals surface area contributed by atoms with E-state index >= 15 is 0 Å². The number of carbonyl (C=O) groups is 1. The summed E-state index contributed by atoms with van der Waals surface area (Å²) in [6.45, 7) is 5.31. The van der Waals surface area contributed by atoms with E-state index in [9.17, 15) is 14.3 Å². The van der Waals surface area contributed by atoms with E-state index in [2.05, 4.69) is 13.8 Å². The molecule has 0 fully saturated rings. The Bertz CT molecular complexity index is 598. The molecule has 0 amide bonds. The largest absolute Gasteiger partial charge is 0.756 e. The second kappa shape index (κ2) is 24.3. The summed E-state index contributed by atoms with van der Waals surface area (Å²) in [5, 5.41) is 0. The fourth-order valence-electron chi connectivity index (χ4n) is 3.96. The third kappa shape index (κ3) is 27.1. The van der Waals surface area contributed by atoms with Crippen molar-refractivity contribution in [3.8, 4) is 0 Å². The highest BCUT2D eigenvalue weighted by molar-refractivity contribution is 7.45. The zero-order chi connectivity index (χ0) is 28.5. The van der Waals surface area contributed by atoms with Gasteiger partial charge < -0.3 is 27.9 Å². The number of hydrogen-bond donors (Lipinski definition) is 0. The summed E-state index contributed by atoms with van der Waals surface area (Å²) in [6.07, 6.45) is 18.5. The zero-order valence-electron chi connectivity index (χ0n) is 25.4. The van der Waals surface area contributed by atoms with E-state index in [1.807, 2.05) is 21.1 Å². The fraction of sp³-hybridized carbons (Fsp3) is 0.966. The van der Waals surface area contributed by atoms with Crippen LogP contribution in [0.3, 0.4) is 0 Å². The van der Waals surface area contributed by atoms with Gasteiger partial charge in [-0.1, -0.05) is 104 Å². The predicted octanol–water partition coefficient (Wildman–Crippen LogP) is 6.79. The number of nitrogens with zero attached hydrogens (tertiary/aromatic N) is 1. The first-order chi connectivity index (χ1) is 18.1. The van der Waals surface area contributed by atoms with Crippen LogP contribution in [0.15, 0.2) is 0 Å². The van der Waals surface area contributed by atoms with Crippen LogP contribution in [0, 0.1) is 0 Å². The Morgan fingerprint density at radius 2 is 1.21 bits per heavy atom. The minimum Gasteiger partial charge on any atom is -0.756 e. The predicted molar refractivity (Wildman–Crippen MR) is 153 cm³/mol. The van der Waals surface area contributed by atoms with Crippen molar-refractivity contribution >= 4 is 13.8 Å². The average molecular weight is 566 g/mol. The number of quaternary nitrogens is 1. The summed E-state index contributed by atoms with van der Waals surface area (Å²) in [5.41, 5.74) is 0. The summed E-state index contributed by atoms with van der Waals surface area (Å²) in [4.78, 5) is 24.5. The quantitative estimate of drug-likeness (QED) is 0.0446. The minimum atomic E-state index is -4.49. The van der Waals surface area contributed by atoms with Crippen molar-refractivity contribution in [2.24, 2.45) is 0 Å². The first-order valence-corrected chi connectivity index (χ1v) is 16.7. The van der Waals surface area contributed by atoms with Crippen LogP contribution < -0.4 is 4.89 Å². The summed E-state index contributed by atoms with van der Waals surface area (Å²) in [5.74, 6) is -0.347. The number of phosphoric acid groups is 1. The number of carbonyl (C=O) groups excluding carboxylic acids is 1. The Morgan fingerprint density at radius 1 is 0.711 bits per heavy atom. The van der Waals surface area contributed by atoms with Gasteiger partial charge in [0.2, 0.25) is 0 Å². The van der Waals surface area contributed by atoms with Gasteiger partial charge in [0.1, 0.15) is 19.3 Å². The number of esters is 1. The number of unbranched alkanes of at least 4 members (excludes halogenated alkanes) is 14. The number of likely N-dealkylation sites (N-methyl/N-ethyl adjacent to an activating group) is 1. The first kappa shape index (κ1) is 37.5. The maximum absolute atomic E-state index is 12.3. The van der Waals surface area contributed by atoms with Crippen LogP contribution >= 0.6 is 7.82 Å². The van der Waals surface area contributed by atoms with Crippen LogP contribution in [0.1, 0.15) is 123 Å². The molecule has 0 aliphatic rings. The first-order valence-electron chi connectivity index (χ1n) is 15.3. The van der Waals surface area contributed by atoms with Crippen molar-refractivity contribution in [3.63, 3.8) is 0 Å². The molecule has 0 radical (unpaired) electrons. The summed E-state index contributed by atoms with van der Waals surface area (Å²) in [6, 6.07) is 0. The number of ether oxygens (including phenoxy) is 2. The van der Waals surface area contributed by atoms with Crippen molar-refractivity contribution in [1.82, 2.24) is 0 Å². The molecule has 0 spiro atoms. The lowest BCUT2D eigenvalue weighted by Gasteiger charge is -2.28. The Morgan fingerprint density at radius 3 is 1.74 bits per heavy atom. The Labute approximate surface area is 234 Å². The van der Waals surface area contributed by atoms with Gasteiger partial charge in [-0.15, -0.1) is 0 Å². The smallest absolute Gasteiger partial charge is 0.306 e. The maximum atomic E-state index is 12.3. The third-order valence-electron chi connectivity index (χ3n) is 6.41. The molecule has 0 aromatic heterocycles. The molecule has 0 aromatic rings. The minimum absolute atomic E-state index is 0.0296. The van der Waals surface area contributed by atoms with Crippen LogP contribution in [0.5, 0.6) is 0 Å². The molecule has 0 aliphatic carbocycles. The number of phosphoric ester groups is 1. The number of hydrogen-bond acceptors (Lipinski definition) is 7. The molecule has 2 atom stereocenters. The molecule has 2 unspecified atom stereocenters. The summed E-state index contributed by atoms with van der Waals surface area (Å²) in [7, 11) is 1.36. The molecule has 0 aliphatic heterocycles. The van der Waals surface area contributed by atoms with E-state index in [0.717, 1.165) is 44.9 Å². The van der Waals surface area contributed by atoms with Crippen LogP contribution in [0.25, 0.3) is 0 Å². The second-order valence-corrected chi connectivity index (χ2v) is 12.9. The van der Waals surface area contributed by atoms with Gasteiger partial charge in [0.25, 0.3) is 7.82 Å². The summed E-state index contributed by atoms with van der Waals surface area (Å²) < 4.78 is 34.0. The van der Waals surface area contributed by atoms with E-state index < -0.39 is 13.9 Å². The van der Waals surface area contributed by atoms with E-state index in [4.69, 9.17) is 18.5 Å². The average Bonchev–Trinajstić information content (AvgIpc) is 2.84. The second-order valence-electron chi connectivity index (χ2n) is 11.5. The topological polar surface area (TPSA) is 94.1 Å². The van der Waals surface area contributed by atoms with Gasteiger partial charge in [-0.2, -0.15) is 0 Å². The molecular weight excluding hydrogens is 505 g/mol. The molecule has 0 saturated heterocycles. The maximum Gasteiger partial charge on any atom is 0.306 e. The fourth-order valence-corrected chi connectivity index (χ4v) is 4.68. The lowest BCUT2D eigenvalue weighted by atomic mass is 10.1. The molecule has 0 N–H and O–H groups in total. The van der Waals surface area contributed by atoms with Crippen molar-refractivity contribution in [3.05, 3.63) is 0 Å². The Balaban J connectivity index is 4.29. The van der Waals surface area contributed by atoms with Gasteiger partial charge >= 0.3 is 5.97 Å². The SMILES string of the molecule is CCCCCCCCCCCCCOCC(COP(=O)([O-])OCC[N+](C)(C)C)OC(=O)CCCCCCC. The van der Waals surface area contributed by atoms with E-state index in [-0.39, 0.29) is 25.8 Å². The molecule has 38 heavy (non-hydrogen) atoms. The lowest BCUT2D eigenvalue weighted by Crippen LogP contribution is -2.37. The van der Waals surface area contributed by atoms with Crippen LogP contribution in [0.2, 0.25) is 0 Å². The standard InChI is InChI=1S/C29H60NO7P/c1-6-8-10-12-13-14-15-16-17-19-21-24-34-26-28(37-29(31)22-20-18-11-9-7-2)27-36-38(32,33)35-25-23-30(3,4)5/h28H,6-27H2,1-5H3. The zero-order valence-corrected chi connectivity index (χ0v) is 26.3. The van der Waals surface area contributed by atoms with Gasteiger partial charge in [0.15, 0.2) is 0 Å². The van der Waals surface area contributed by atoms with Crippen LogP contribution in [-0.2, 0) is 27.9 Å². The molecule has 8 nitrogen and oxygen atoms in total. The lowest BCUT2D eigenvalue weighted by molar-refractivity contribution is -0.870. The third-order valence-corrected chi connectivity index (χ3v) is 7.37. The van der Waals surface area contributed by atoms with E-state index in [1.165, 1.54) is 57.8 Å². The van der Waals surface area contributed by atoms with Gasteiger partial charge in [0.05, 0.1) is 34.4 Å². The molecule has 9 heteroatoms. The number of rotatable bonds is 28. The van der Waals surface area contributed by atoms with Crippen molar-refractivity contribution in [1.29, 1.82) is 0 Å². The van der Waals surface area contributed by atoms with E-state index in [0.29, 0.717) is 24.1 Å². The van der Waals surface area contributed by atoms with Crippen molar-refractivity contribution in [2.75, 3.05) is 54.1 Å². The van der Waals surface area contributed by atoms with Crippen molar-refractivity contribution < 1.29 is 37.3 Å². The van der Waals surface area contributed by atoms with Gasteiger partial charge in [-0.05, 0) is 12.8 Å². The molecule has 228 valence electrons. The van der Waals surface area contributed by atoms with Crippen molar-refractivity contribution in [2.45, 2.75) is 129 Å². The highest BCUT2D eigenvalue weighted by atomic mass is 31.2. The molecule has 0 rings (SSSR count). The van der Waals surface area contributed by atoms with Gasteiger partial charge in [-0.25, -0.2) is 0 Å². The highest BCUT2D eigenvalue weighted by Gasteiger charge is 2.20. The highest BCUT2D eigenvalue weighted by Crippen LogP contribution is 2.38. The summed E-state index contributed by atoms with van der Waals surface area (Å²) >= 11 is 0. The molecule has 0 bridgehead atoms. The van der Waals surface area contributed by atoms with Gasteiger partial charge in [-0.3, -0.25) is 9.36 Å². The monoisotopic (exact) mass is 565 g/mol. The van der Waals surface area contributed by atoms with Crippen LogP contribution in [-0.4, -0.2) is 70.7 Å². The normalized spacial score (nSPS) is 14.4. The Hall–Kier alpha value is -0.500.